The maximum Gasteiger partial charge on any atom is 0.220 e. The number of carbonyl (C=O) groups is 1. The third kappa shape index (κ3) is 5.21. The standard InChI is InChI=1S/C16H25NO3/c1-4-20-15-8-6-5-7-13(15)9-10-16(19)17-14(11-18)12(2)3/h5-8,12,14,18H,4,9-11H2,1-3H3,(H,17,19)/t14-/m1/s1. The molecule has 1 amide bonds. The second kappa shape index (κ2) is 8.59. The molecule has 0 aromatic heterocycles. The lowest BCUT2D eigenvalue weighted by Gasteiger charge is -2.20. The average Bonchev–Trinajstić information content (AvgIpc) is 2.43. The topological polar surface area (TPSA) is 58.6 Å². The Morgan fingerprint density at radius 2 is 2.05 bits per heavy atom. The van der Waals surface area contributed by atoms with Crippen molar-refractivity contribution in [3.8, 4) is 5.75 Å². The maximum absolute atomic E-state index is 11.9. The van der Waals surface area contributed by atoms with Crippen molar-refractivity contribution in [2.45, 2.75) is 39.7 Å². The van der Waals surface area contributed by atoms with Crippen molar-refractivity contribution in [2.75, 3.05) is 13.2 Å². The van der Waals surface area contributed by atoms with Gasteiger partial charge < -0.3 is 15.2 Å². The largest absolute Gasteiger partial charge is 0.494 e. The van der Waals surface area contributed by atoms with Crippen molar-refractivity contribution >= 4 is 5.91 Å². The van der Waals surface area contributed by atoms with Gasteiger partial charge in [-0.05, 0) is 30.9 Å². The lowest BCUT2D eigenvalue weighted by Crippen LogP contribution is -2.41. The number of ether oxygens (including phenoxy) is 1. The van der Waals surface area contributed by atoms with Crippen LogP contribution in [0.1, 0.15) is 32.8 Å². The van der Waals surface area contributed by atoms with Crippen molar-refractivity contribution in [1.29, 1.82) is 0 Å². The van der Waals surface area contributed by atoms with E-state index in [1.807, 2.05) is 45.0 Å². The van der Waals surface area contributed by atoms with Crippen LogP contribution in [0.4, 0.5) is 0 Å². The molecule has 4 nitrogen and oxygen atoms in total. The Labute approximate surface area is 121 Å². The molecule has 0 heterocycles. The van der Waals surface area contributed by atoms with Crippen LogP contribution in [-0.4, -0.2) is 30.3 Å². The van der Waals surface area contributed by atoms with Crippen LogP contribution in [-0.2, 0) is 11.2 Å². The molecule has 0 aliphatic heterocycles. The number of aryl methyl sites for hydroxylation is 1. The lowest BCUT2D eigenvalue weighted by molar-refractivity contribution is -0.122. The number of hydrogen-bond acceptors (Lipinski definition) is 3. The summed E-state index contributed by atoms with van der Waals surface area (Å²) in [5, 5.41) is 12.1. The predicted molar refractivity (Wildman–Crippen MR) is 79.8 cm³/mol. The lowest BCUT2D eigenvalue weighted by atomic mass is 10.0. The van der Waals surface area contributed by atoms with Gasteiger partial charge in [0.25, 0.3) is 0 Å². The number of nitrogens with one attached hydrogen (secondary N) is 1. The molecule has 1 aromatic carbocycles. The summed E-state index contributed by atoms with van der Waals surface area (Å²) < 4.78 is 5.54. The van der Waals surface area contributed by atoms with Gasteiger partial charge in [0.05, 0.1) is 19.3 Å². The van der Waals surface area contributed by atoms with E-state index in [-0.39, 0.29) is 24.5 Å². The molecule has 1 rings (SSSR count). The third-order valence-electron chi connectivity index (χ3n) is 3.24. The zero-order chi connectivity index (χ0) is 15.0. The number of rotatable bonds is 8. The van der Waals surface area contributed by atoms with Gasteiger partial charge >= 0.3 is 0 Å². The van der Waals surface area contributed by atoms with Gasteiger partial charge in [-0.1, -0.05) is 32.0 Å². The number of aliphatic hydroxyl groups excluding tert-OH is 1. The van der Waals surface area contributed by atoms with E-state index in [4.69, 9.17) is 4.74 Å². The molecule has 0 saturated carbocycles. The summed E-state index contributed by atoms with van der Waals surface area (Å²) in [4.78, 5) is 11.9. The molecule has 2 N–H and O–H groups in total. The molecule has 0 unspecified atom stereocenters. The molecule has 112 valence electrons. The summed E-state index contributed by atoms with van der Waals surface area (Å²) in [7, 11) is 0. The first kappa shape index (κ1) is 16.5. The average molecular weight is 279 g/mol. The first-order valence-corrected chi connectivity index (χ1v) is 7.19. The van der Waals surface area contributed by atoms with Crippen LogP contribution in [0, 0.1) is 5.92 Å². The Bertz CT molecular complexity index is 418. The summed E-state index contributed by atoms with van der Waals surface area (Å²) in [6.45, 7) is 6.48. The molecule has 1 aromatic rings. The summed E-state index contributed by atoms with van der Waals surface area (Å²) >= 11 is 0. The van der Waals surface area contributed by atoms with Gasteiger partial charge in [-0.3, -0.25) is 4.79 Å². The second-order valence-corrected chi connectivity index (χ2v) is 5.14. The smallest absolute Gasteiger partial charge is 0.220 e. The fourth-order valence-corrected chi connectivity index (χ4v) is 1.96. The fraction of sp³-hybridized carbons (Fsp3) is 0.562. The molecule has 0 bridgehead atoms. The Hall–Kier alpha value is -1.55. The molecule has 0 fully saturated rings. The van der Waals surface area contributed by atoms with Crippen LogP contribution < -0.4 is 10.1 Å². The van der Waals surface area contributed by atoms with Gasteiger partial charge in [0.2, 0.25) is 5.91 Å². The molecule has 0 aliphatic rings. The monoisotopic (exact) mass is 279 g/mol. The molecule has 1 atom stereocenters. The highest BCUT2D eigenvalue weighted by atomic mass is 16.5. The first-order chi connectivity index (χ1) is 9.58. The van der Waals surface area contributed by atoms with Gasteiger partial charge in [0, 0.05) is 6.42 Å². The Morgan fingerprint density at radius 1 is 1.35 bits per heavy atom. The van der Waals surface area contributed by atoms with E-state index in [1.54, 1.807) is 0 Å². The predicted octanol–water partition coefficient (Wildman–Crippen LogP) is 2.15. The number of amides is 1. The highest BCUT2D eigenvalue weighted by Gasteiger charge is 2.15. The molecule has 0 radical (unpaired) electrons. The normalized spacial score (nSPS) is 12.2. The molecular formula is C16H25NO3. The quantitative estimate of drug-likeness (QED) is 0.766. The van der Waals surface area contributed by atoms with E-state index >= 15 is 0 Å². The van der Waals surface area contributed by atoms with Crippen LogP contribution in [0.2, 0.25) is 0 Å². The summed E-state index contributed by atoms with van der Waals surface area (Å²) in [5.41, 5.74) is 1.04. The van der Waals surface area contributed by atoms with Gasteiger partial charge in [0.15, 0.2) is 0 Å². The highest BCUT2D eigenvalue weighted by molar-refractivity contribution is 5.76. The molecule has 4 heteroatoms. The molecule has 0 spiro atoms. The van der Waals surface area contributed by atoms with Crippen molar-refractivity contribution in [2.24, 2.45) is 5.92 Å². The zero-order valence-electron chi connectivity index (χ0n) is 12.6. The van der Waals surface area contributed by atoms with Crippen molar-refractivity contribution in [3.05, 3.63) is 29.8 Å². The third-order valence-corrected chi connectivity index (χ3v) is 3.24. The Balaban J connectivity index is 2.52. The number of benzene rings is 1. The van der Waals surface area contributed by atoms with Crippen LogP contribution in [0.25, 0.3) is 0 Å². The van der Waals surface area contributed by atoms with Crippen LogP contribution in [0.5, 0.6) is 5.75 Å². The van der Waals surface area contributed by atoms with Crippen molar-refractivity contribution < 1.29 is 14.6 Å². The molecule has 0 aliphatic carbocycles. The van der Waals surface area contributed by atoms with E-state index in [2.05, 4.69) is 5.32 Å². The van der Waals surface area contributed by atoms with Crippen molar-refractivity contribution in [3.63, 3.8) is 0 Å². The highest BCUT2D eigenvalue weighted by Crippen LogP contribution is 2.19. The minimum absolute atomic E-state index is 0.0288. The van der Waals surface area contributed by atoms with Gasteiger partial charge in [-0.15, -0.1) is 0 Å². The Kier molecular flexibility index (Phi) is 7.09. The summed E-state index contributed by atoms with van der Waals surface area (Å²) in [6.07, 6.45) is 1.03. The fourth-order valence-electron chi connectivity index (χ4n) is 1.96. The number of carbonyl (C=O) groups excluding carboxylic acids is 1. The van der Waals surface area contributed by atoms with Crippen molar-refractivity contribution in [1.82, 2.24) is 5.32 Å². The van der Waals surface area contributed by atoms with Crippen LogP contribution in [0.15, 0.2) is 24.3 Å². The molecular weight excluding hydrogens is 254 g/mol. The second-order valence-electron chi connectivity index (χ2n) is 5.14. The van der Waals surface area contributed by atoms with E-state index in [9.17, 15) is 9.90 Å². The van der Waals surface area contributed by atoms with E-state index < -0.39 is 0 Å². The summed E-state index contributed by atoms with van der Waals surface area (Å²) in [6, 6.07) is 7.59. The molecule has 20 heavy (non-hydrogen) atoms. The van der Waals surface area contributed by atoms with Gasteiger partial charge in [-0.25, -0.2) is 0 Å². The zero-order valence-corrected chi connectivity index (χ0v) is 12.6. The van der Waals surface area contributed by atoms with Gasteiger partial charge in [0.1, 0.15) is 5.75 Å². The Morgan fingerprint density at radius 3 is 2.65 bits per heavy atom. The maximum atomic E-state index is 11.9. The summed E-state index contributed by atoms with van der Waals surface area (Å²) in [5.74, 6) is 1.02. The number of aliphatic hydroxyl groups is 1. The van der Waals surface area contributed by atoms with Crippen LogP contribution >= 0.6 is 0 Å². The van der Waals surface area contributed by atoms with E-state index in [1.165, 1.54) is 0 Å². The number of hydrogen-bond donors (Lipinski definition) is 2. The minimum atomic E-state index is -0.176. The number of para-hydroxylation sites is 1. The SMILES string of the molecule is CCOc1ccccc1CCC(=O)N[C@H](CO)C(C)C. The molecule has 0 saturated heterocycles. The van der Waals surface area contributed by atoms with E-state index in [0.717, 1.165) is 11.3 Å². The first-order valence-electron chi connectivity index (χ1n) is 7.19. The van der Waals surface area contributed by atoms with E-state index in [0.29, 0.717) is 19.4 Å². The van der Waals surface area contributed by atoms with Crippen LogP contribution in [0.3, 0.4) is 0 Å². The van der Waals surface area contributed by atoms with Gasteiger partial charge in [-0.2, -0.15) is 0 Å². The minimum Gasteiger partial charge on any atom is -0.494 e.